The number of carboxylic acids is 1. The van der Waals surface area contributed by atoms with Crippen molar-refractivity contribution in [2.45, 2.75) is 83.4 Å². The van der Waals surface area contributed by atoms with E-state index in [2.05, 4.69) is 6.92 Å². The largest absolute Gasteiger partial charge is 0.478 e. The molecule has 2 aromatic carbocycles. The van der Waals surface area contributed by atoms with Crippen LogP contribution in [0.15, 0.2) is 47.5 Å². The fraction of sp³-hybridized carbons (Fsp3) is 0.464. The minimum atomic E-state index is -1.56. The van der Waals surface area contributed by atoms with Crippen LogP contribution in [0, 0.1) is 5.82 Å². The van der Waals surface area contributed by atoms with Gasteiger partial charge in [0.25, 0.3) is 5.91 Å². The third-order valence-corrected chi connectivity index (χ3v) is 6.93. The normalized spacial score (nSPS) is 17.2. The predicted molar refractivity (Wildman–Crippen MR) is 133 cm³/mol. The van der Waals surface area contributed by atoms with Gasteiger partial charge in [-0.3, -0.25) is 14.7 Å². The van der Waals surface area contributed by atoms with Gasteiger partial charge in [0.1, 0.15) is 11.4 Å². The first-order chi connectivity index (χ1) is 16.7. The van der Waals surface area contributed by atoms with Crippen LogP contribution in [0.2, 0.25) is 0 Å². The summed E-state index contributed by atoms with van der Waals surface area (Å²) in [5, 5.41) is 9.30. The van der Waals surface area contributed by atoms with E-state index in [1.165, 1.54) is 19.9 Å². The molecule has 4 rings (SSSR count). The van der Waals surface area contributed by atoms with E-state index >= 15 is 4.39 Å². The number of amides is 1. The van der Waals surface area contributed by atoms with Crippen molar-refractivity contribution < 1.29 is 23.8 Å². The van der Waals surface area contributed by atoms with Gasteiger partial charge in [0.2, 0.25) is 0 Å². The van der Waals surface area contributed by atoms with Crippen LogP contribution in [0.25, 0.3) is 11.1 Å². The number of carboxylic acid groups (broad SMARTS) is 1. The minimum absolute atomic E-state index is 0.111. The Kier molecular flexibility index (Phi) is 6.97. The van der Waals surface area contributed by atoms with E-state index < -0.39 is 22.9 Å². The van der Waals surface area contributed by atoms with Gasteiger partial charge in [0.15, 0.2) is 17.2 Å². The fourth-order valence-electron chi connectivity index (χ4n) is 4.80. The molecule has 1 saturated carbocycles. The lowest BCUT2D eigenvalue weighted by Crippen LogP contribution is -2.40. The first-order valence-corrected chi connectivity index (χ1v) is 12.4. The molecule has 186 valence electrons. The number of hydrogen-bond donors (Lipinski definition) is 1. The van der Waals surface area contributed by atoms with Gasteiger partial charge in [-0.25, -0.2) is 9.18 Å². The Morgan fingerprint density at radius 3 is 2.49 bits per heavy atom. The number of halogens is 1. The summed E-state index contributed by atoms with van der Waals surface area (Å²) < 4.78 is 20.6. The molecule has 2 aromatic rings. The van der Waals surface area contributed by atoms with Crippen molar-refractivity contribution in [1.29, 1.82) is 0 Å². The monoisotopic (exact) mass is 480 g/mol. The Hall–Kier alpha value is -3.22. The standard InChI is InChI=1S/C28H33FN2O4/c1-4-5-11-23-30-28(16-6-7-17-28)25(32)31(23)18-19-12-14-20(15-13-19)21-9-8-10-22(24(21)29)35-27(2,3)26(33)34/h8-10,12-15H,4-7,11,16-18H2,1-3H3,(H,33,34). The molecule has 0 saturated heterocycles. The maximum Gasteiger partial charge on any atom is 0.347 e. The molecular formula is C28H33FN2O4. The highest BCUT2D eigenvalue weighted by Gasteiger charge is 2.49. The van der Waals surface area contributed by atoms with E-state index in [-0.39, 0.29) is 11.7 Å². The van der Waals surface area contributed by atoms with Gasteiger partial charge in [-0.15, -0.1) is 0 Å². The summed E-state index contributed by atoms with van der Waals surface area (Å²) in [6.07, 6.45) is 6.57. The SMILES string of the molecule is CCCCC1=NC2(CCCC2)C(=O)N1Cc1ccc(-c2cccc(OC(C)(C)C(=O)O)c2F)cc1. The lowest BCUT2D eigenvalue weighted by Gasteiger charge is -2.23. The summed E-state index contributed by atoms with van der Waals surface area (Å²) in [6.45, 7) is 5.34. The number of carbonyl (C=O) groups is 2. The van der Waals surface area contributed by atoms with Gasteiger partial charge in [-0.1, -0.05) is 62.6 Å². The molecule has 1 spiro atoms. The number of aliphatic carboxylic acids is 1. The van der Waals surface area contributed by atoms with Crippen molar-refractivity contribution in [1.82, 2.24) is 4.90 Å². The van der Waals surface area contributed by atoms with Crippen molar-refractivity contribution in [3.8, 4) is 16.9 Å². The summed E-state index contributed by atoms with van der Waals surface area (Å²) in [5.41, 5.74) is -0.205. The maximum absolute atomic E-state index is 15.2. The summed E-state index contributed by atoms with van der Waals surface area (Å²) in [6, 6.07) is 12.1. The summed E-state index contributed by atoms with van der Waals surface area (Å²) in [4.78, 5) is 31.5. The number of carbonyl (C=O) groups excluding carboxylic acids is 1. The molecule has 1 fully saturated rings. The first-order valence-electron chi connectivity index (χ1n) is 12.4. The summed E-state index contributed by atoms with van der Waals surface area (Å²) >= 11 is 0. The average Bonchev–Trinajstić information content (AvgIpc) is 3.40. The van der Waals surface area contributed by atoms with Crippen molar-refractivity contribution in [3.63, 3.8) is 0 Å². The second kappa shape index (κ2) is 9.80. The highest BCUT2D eigenvalue weighted by molar-refractivity contribution is 6.08. The minimum Gasteiger partial charge on any atom is -0.478 e. The fourth-order valence-corrected chi connectivity index (χ4v) is 4.80. The second-order valence-corrected chi connectivity index (χ2v) is 9.99. The first kappa shape index (κ1) is 24.9. The van der Waals surface area contributed by atoms with Crippen LogP contribution in [-0.2, 0) is 16.1 Å². The molecule has 0 radical (unpaired) electrons. The molecule has 1 N–H and O–H groups in total. The second-order valence-electron chi connectivity index (χ2n) is 9.99. The molecule has 1 heterocycles. The molecular weight excluding hydrogens is 447 g/mol. The van der Waals surface area contributed by atoms with Gasteiger partial charge in [0.05, 0.1) is 6.54 Å². The zero-order chi connectivity index (χ0) is 25.2. The molecule has 0 aromatic heterocycles. The predicted octanol–water partition coefficient (Wildman–Crippen LogP) is 5.98. The molecule has 1 aliphatic heterocycles. The van der Waals surface area contributed by atoms with E-state index in [0.717, 1.165) is 56.3 Å². The van der Waals surface area contributed by atoms with Crippen LogP contribution in [0.1, 0.15) is 71.3 Å². The van der Waals surface area contributed by atoms with E-state index in [1.54, 1.807) is 12.1 Å². The number of nitrogens with zero attached hydrogens (tertiary/aromatic N) is 2. The molecule has 0 unspecified atom stereocenters. The van der Waals surface area contributed by atoms with Crippen LogP contribution in [0.3, 0.4) is 0 Å². The molecule has 1 aliphatic carbocycles. The third-order valence-electron chi connectivity index (χ3n) is 6.93. The maximum atomic E-state index is 15.2. The number of benzene rings is 2. The molecule has 0 atom stereocenters. The highest BCUT2D eigenvalue weighted by atomic mass is 19.1. The zero-order valence-corrected chi connectivity index (χ0v) is 20.6. The Balaban J connectivity index is 1.54. The number of hydrogen-bond acceptors (Lipinski definition) is 4. The van der Waals surface area contributed by atoms with Gasteiger partial charge in [-0.05, 0) is 50.3 Å². The average molecular weight is 481 g/mol. The number of aliphatic imine (C=N–C) groups is 1. The molecule has 6 nitrogen and oxygen atoms in total. The molecule has 1 amide bonds. The van der Waals surface area contributed by atoms with Gasteiger partial charge >= 0.3 is 5.97 Å². The Morgan fingerprint density at radius 2 is 1.86 bits per heavy atom. The number of ether oxygens (including phenoxy) is 1. The number of unbranched alkanes of at least 4 members (excludes halogenated alkanes) is 1. The van der Waals surface area contributed by atoms with Crippen molar-refractivity contribution in [2.75, 3.05) is 0 Å². The van der Waals surface area contributed by atoms with Crippen molar-refractivity contribution in [3.05, 3.63) is 53.8 Å². The number of rotatable bonds is 9. The van der Waals surface area contributed by atoms with Crippen LogP contribution < -0.4 is 4.74 Å². The highest BCUT2D eigenvalue weighted by Crippen LogP contribution is 2.40. The lowest BCUT2D eigenvalue weighted by atomic mass is 9.98. The quantitative estimate of drug-likeness (QED) is 0.479. The van der Waals surface area contributed by atoms with Crippen LogP contribution in [-0.4, -0.2) is 38.9 Å². The third kappa shape index (κ3) is 4.95. The van der Waals surface area contributed by atoms with Crippen molar-refractivity contribution in [2.24, 2.45) is 4.99 Å². The smallest absolute Gasteiger partial charge is 0.347 e. The zero-order valence-electron chi connectivity index (χ0n) is 20.6. The van der Waals surface area contributed by atoms with Crippen LogP contribution in [0.4, 0.5) is 4.39 Å². The summed E-state index contributed by atoms with van der Waals surface area (Å²) in [7, 11) is 0. The lowest BCUT2D eigenvalue weighted by molar-refractivity contribution is -0.152. The van der Waals surface area contributed by atoms with Gasteiger partial charge < -0.3 is 9.84 Å². The van der Waals surface area contributed by atoms with Crippen LogP contribution >= 0.6 is 0 Å². The molecule has 7 heteroatoms. The molecule has 35 heavy (non-hydrogen) atoms. The summed E-state index contributed by atoms with van der Waals surface area (Å²) in [5.74, 6) is -0.895. The van der Waals surface area contributed by atoms with Gasteiger partial charge in [-0.2, -0.15) is 0 Å². The van der Waals surface area contributed by atoms with E-state index in [1.807, 2.05) is 29.2 Å². The Bertz CT molecular complexity index is 1130. The Morgan fingerprint density at radius 1 is 1.17 bits per heavy atom. The molecule has 2 aliphatic rings. The topological polar surface area (TPSA) is 79.2 Å². The van der Waals surface area contributed by atoms with Crippen LogP contribution in [0.5, 0.6) is 5.75 Å². The van der Waals surface area contributed by atoms with E-state index in [0.29, 0.717) is 17.7 Å². The molecule has 0 bridgehead atoms. The van der Waals surface area contributed by atoms with Crippen molar-refractivity contribution >= 4 is 17.7 Å². The van der Waals surface area contributed by atoms with Gasteiger partial charge in [0, 0.05) is 12.0 Å². The van der Waals surface area contributed by atoms with E-state index in [4.69, 9.17) is 9.73 Å². The van der Waals surface area contributed by atoms with E-state index in [9.17, 15) is 14.7 Å². The Labute approximate surface area is 205 Å². The number of amidine groups is 1.